The van der Waals surface area contributed by atoms with Crippen LogP contribution in [0.3, 0.4) is 0 Å². The van der Waals surface area contributed by atoms with Crippen molar-refractivity contribution >= 4 is 0 Å². The monoisotopic (exact) mass is 259 g/mol. The maximum Gasteiger partial charge on any atom is 0.0540 e. The Morgan fingerprint density at radius 3 is 2.68 bits per heavy atom. The van der Waals surface area contributed by atoms with Crippen LogP contribution < -0.4 is 5.32 Å². The highest BCUT2D eigenvalue weighted by Gasteiger charge is 2.23. The number of rotatable bonds is 3. The molecule has 1 atom stereocenters. The molecular formula is C17H25NO. The number of fused-ring (bicyclic) bond motifs is 1. The van der Waals surface area contributed by atoms with Gasteiger partial charge in [-0.15, -0.1) is 0 Å². The van der Waals surface area contributed by atoms with E-state index >= 15 is 0 Å². The molecule has 2 aliphatic carbocycles. The Hall–Kier alpha value is -0.860. The fraction of sp³-hybridized carbons (Fsp3) is 0.647. The molecule has 0 heterocycles. The summed E-state index contributed by atoms with van der Waals surface area (Å²) in [7, 11) is 0. The second-order valence-corrected chi connectivity index (χ2v) is 6.23. The van der Waals surface area contributed by atoms with Gasteiger partial charge in [-0.05, 0) is 68.5 Å². The minimum Gasteiger partial charge on any atom is -0.393 e. The largest absolute Gasteiger partial charge is 0.393 e. The topological polar surface area (TPSA) is 32.3 Å². The lowest BCUT2D eigenvalue weighted by molar-refractivity contribution is 0.107. The Bertz CT molecular complexity index is 409. The molecule has 3 rings (SSSR count). The lowest BCUT2D eigenvalue weighted by atomic mass is 9.85. The first-order chi connectivity index (χ1) is 9.33. The number of aliphatic hydroxyl groups is 1. The average molecular weight is 259 g/mol. The Morgan fingerprint density at radius 2 is 1.84 bits per heavy atom. The molecule has 0 saturated heterocycles. The van der Waals surface area contributed by atoms with E-state index in [4.69, 9.17) is 0 Å². The van der Waals surface area contributed by atoms with Crippen LogP contribution in [0.15, 0.2) is 24.3 Å². The number of benzene rings is 1. The summed E-state index contributed by atoms with van der Waals surface area (Å²) in [4.78, 5) is 0. The molecule has 2 aliphatic rings. The zero-order valence-corrected chi connectivity index (χ0v) is 11.6. The predicted molar refractivity (Wildman–Crippen MR) is 78.1 cm³/mol. The van der Waals surface area contributed by atoms with E-state index in [1.807, 2.05) is 0 Å². The van der Waals surface area contributed by atoms with Crippen LogP contribution in [0.2, 0.25) is 0 Å². The first-order valence-electron chi connectivity index (χ1n) is 7.82. The van der Waals surface area contributed by atoms with Gasteiger partial charge in [0.25, 0.3) is 0 Å². The van der Waals surface area contributed by atoms with Crippen LogP contribution in [0.4, 0.5) is 0 Å². The fourth-order valence-corrected chi connectivity index (χ4v) is 3.62. The first-order valence-corrected chi connectivity index (χ1v) is 7.82. The summed E-state index contributed by atoms with van der Waals surface area (Å²) in [5, 5.41) is 13.3. The molecule has 0 aromatic heterocycles. The van der Waals surface area contributed by atoms with Gasteiger partial charge in [0, 0.05) is 6.04 Å². The Balaban J connectivity index is 1.56. The van der Waals surface area contributed by atoms with Crippen molar-refractivity contribution in [1.82, 2.24) is 5.32 Å². The van der Waals surface area contributed by atoms with Crippen molar-refractivity contribution in [3.05, 3.63) is 35.4 Å². The highest BCUT2D eigenvalue weighted by Crippen LogP contribution is 2.30. The average Bonchev–Trinajstić information content (AvgIpc) is 2.47. The lowest BCUT2D eigenvalue weighted by Crippen LogP contribution is -2.32. The normalized spacial score (nSPS) is 30.9. The second kappa shape index (κ2) is 6.06. The van der Waals surface area contributed by atoms with E-state index < -0.39 is 0 Å². The van der Waals surface area contributed by atoms with Crippen molar-refractivity contribution < 1.29 is 5.11 Å². The zero-order chi connectivity index (χ0) is 13.1. The standard InChI is InChI=1S/C17H25NO/c19-15-10-8-13(9-11-15)12-18-17-7-3-5-14-4-1-2-6-16(14)17/h1-2,4,6,13,15,17-19H,3,5,7-12H2. The van der Waals surface area contributed by atoms with E-state index in [1.54, 1.807) is 0 Å². The van der Waals surface area contributed by atoms with Gasteiger partial charge >= 0.3 is 0 Å². The van der Waals surface area contributed by atoms with Crippen LogP contribution in [0, 0.1) is 5.92 Å². The molecule has 0 radical (unpaired) electrons. The van der Waals surface area contributed by atoms with E-state index in [9.17, 15) is 5.11 Å². The third kappa shape index (κ3) is 3.18. The Labute approximate surface area is 116 Å². The second-order valence-electron chi connectivity index (χ2n) is 6.23. The number of hydrogen-bond donors (Lipinski definition) is 2. The van der Waals surface area contributed by atoms with E-state index in [-0.39, 0.29) is 6.10 Å². The molecule has 0 aliphatic heterocycles. The van der Waals surface area contributed by atoms with E-state index in [0.717, 1.165) is 25.3 Å². The summed E-state index contributed by atoms with van der Waals surface area (Å²) in [5.74, 6) is 0.762. The molecule has 1 aromatic carbocycles. The van der Waals surface area contributed by atoms with E-state index in [2.05, 4.69) is 29.6 Å². The fourth-order valence-electron chi connectivity index (χ4n) is 3.62. The van der Waals surface area contributed by atoms with Gasteiger partial charge in [0.05, 0.1) is 6.10 Å². The number of nitrogens with one attached hydrogen (secondary N) is 1. The molecule has 1 unspecified atom stereocenters. The Kier molecular flexibility index (Phi) is 4.19. The predicted octanol–water partition coefficient (Wildman–Crippen LogP) is 3.20. The number of aryl methyl sites for hydroxylation is 1. The van der Waals surface area contributed by atoms with Crippen LogP contribution in [-0.4, -0.2) is 17.8 Å². The summed E-state index contributed by atoms with van der Waals surface area (Å²) in [6, 6.07) is 9.44. The van der Waals surface area contributed by atoms with Crippen molar-refractivity contribution in [1.29, 1.82) is 0 Å². The minimum atomic E-state index is -0.0355. The molecular weight excluding hydrogens is 234 g/mol. The molecule has 0 bridgehead atoms. The summed E-state index contributed by atoms with van der Waals surface area (Å²) in [5.41, 5.74) is 3.05. The van der Waals surface area contributed by atoms with Gasteiger partial charge < -0.3 is 10.4 Å². The highest BCUT2D eigenvalue weighted by molar-refractivity contribution is 5.32. The Morgan fingerprint density at radius 1 is 1.05 bits per heavy atom. The number of hydrogen-bond acceptors (Lipinski definition) is 2. The van der Waals surface area contributed by atoms with Crippen LogP contribution in [0.25, 0.3) is 0 Å². The highest BCUT2D eigenvalue weighted by atomic mass is 16.3. The van der Waals surface area contributed by atoms with Crippen LogP contribution in [0.1, 0.15) is 55.7 Å². The van der Waals surface area contributed by atoms with Crippen molar-refractivity contribution in [2.24, 2.45) is 5.92 Å². The molecule has 1 fully saturated rings. The zero-order valence-electron chi connectivity index (χ0n) is 11.6. The minimum absolute atomic E-state index is 0.0355. The van der Waals surface area contributed by atoms with Crippen molar-refractivity contribution in [2.45, 2.75) is 57.1 Å². The van der Waals surface area contributed by atoms with Gasteiger partial charge in [0.15, 0.2) is 0 Å². The van der Waals surface area contributed by atoms with E-state index in [0.29, 0.717) is 6.04 Å². The molecule has 0 amide bonds. The maximum atomic E-state index is 9.55. The number of aliphatic hydroxyl groups excluding tert-OH is 1. The molecule has 1 aromatic rings. The SMILES string of the molecule is OC1CCC(CNC2CCCc3ccccc32)CC1. The lowest BCUT2D eigenvalue weighted by Gasteiger charge is -2.30. The molecule has 1 saturated carbocycles. The smallest absolute Gasteiger partial charge is 0.0540 e. The third-order valence-corrected chi connectivity index (χ3v) is 4.84. The quantitative estimate of drug-likeness (QED) is 0.873. The molecule has 2 heteroatoms. The molecule has 2 N–H and O–H groups in total. The van der Waals surface area contributed by atoms with Gasteiger partial charge in [-0.25, -0.2) is 0 Å². The summed E-state index contributed by atoms with van der Waals surface area (Å²) >= 11 is 0. The molecule has 0 spiro atoms. The van der Waals surface area contributed by atoms with Gasteiger partial charge in [-0.2, -0.15) is 0 Å². The summed E-state index contributed by atoms with van der Waals surface area (Å²) < 4.78 is 0. The summed E-state index contributed by atoms with van der Waals surface area (Å²) in [6.07, 6.45) is 8.13. The van der Waals surface area contributed by atoms with Gasteiger partial charge in [0.1, 0.15) is 0 Å². The van der Waals surface area contributed by atoms with Gasteiger partial charge in [0.2, 0.25) is 0 Å². The van der Waals surface area contributed by atoms with Crippen LogP contribution in [-0.2, 0) is 6.42 Å². The molecule has 19 heavy (non-hydrogen) atoms. The van der Waals surface area contributed by atoms with E-state index in [1.165, 1.54) is 43.2 Å². The molecule has 2 nitrogen and oxygen atoms in total. The first kappa shape index (κ1) is 13.1. The van der Waals surface area contributed by atoms with Gasteiger partial charge in [-0.1, -0.05) is 24.3 Å². The van der Waals surface area contributed by atoms with Crippen LogP contribution >= 0.6 is 0 Å². The maximum absolute atomic E-state index is 9.55. The van der Waals surface area contributed by atoms with Crippen molar-refractivity contribution in [2.75, 3.05) is 6.54 Å². The third-order valence-electron chi connectivity index (χ3n) is 4.84. The summed E-state index contributed by atoms with van der Waals surface area (Å²) in [6.45, 7) is 1.12. The van der Waals surface area contributed by atoms with Crippen LogP contribution in [0.5, 0.6) is 0 Å². The van der Waals surface area contributed by atoms with Crippen molar-refractivity contribution in [3.63, 3.8) is 0 Å². The van der Waals surface area contributed by atoms with Crippen molar-refractivity contribution in [3.8, 4) is 0 Å². The van der Waals surface area contributed by atoms with Gasteiger partial charge in [-0.3, -0.25) is 0 Å². The molecule has 104 valence electrons.